The Balaban J connectivity index is 2.19. The number of halogens is 1. The minimum Gasteiger partial charge on any atom is -0.454 e. The molecule has 0 aliphatic rings. The second kappa shape index (κ2) is 3.83. The van der Waals surface area contributed by atoms with Gasteiger partial charge in [0, 0.05) is 6.07 Å². The van der Waals surface area contributed by atoms with Gasteiger partial charge in [-0.05, 0) is 12.1 Å². The molecule has 0 fully saturated rings. The van der Waals surface area contributed by atoms with Crippen molar-refractivity contribution in [1.82, 2.24) is 9.97 Å². The Hall–Kier alpha value is -1.97. The predicted octanol–water partition coefficient (Wildman–Crippen LogP) is 2.41. The molecule has 0 atom stereocenters. The maximum absolute atomic E-state index is 12.8. The normalized spacial score (nSPS) is 9.79. The van der Waals surface area contributed by atoms with Gasteiger partial charge in [-0.3, -0.25) is 0 Å². The number of benzene rings is 1. The average molecular weight is 190 g/mol. The van der Waals surface area contributed by atoms with Gasteiger partial charge in [0.1, 0.15) is 17.9 Å². The van der Waals surface area contributed by atoms with E-state index in [1.54, 1.807) is 12.1 Å². The van der Waals surface area contributed by atoms with Gasteiger partial charge in [-0.2, -0.15) is 0 Å². The lowest BCUT2D eigenvalue weighted by molar-refractivity contribution is 0.472. The van der Waals surface area contributed by atoms with Crippen molar-refractivity contribution in [1.29, 1.82) is 0 Å². The highest BCUT2D eigenvalue weighted by atomic mass is 19.1. The predicted molar refractivity (Wildman–Crippen MR) is 48.5 cm³/mol. The fraction of sp³-hybridized carbons (Fsp3) is 0. The van der Waals surface area contributed by atoms with Crippen molar-refractivity contribution in [3.8, 4) is 11.5 Å². The highest BCUT2D eigenvalue weighted by molar-refractivity contribution is 5.27. The van der Waals surface area contributed by atoms with Crippen LogP contribution in [0.2, 0.25) is 0 Å². The number of ether oxygens (including phenoxy) is 1. The summed E-state index contributed by atoms with van der Waals surface area (Å²) in [4.78, 5) is 7.55. The van der Waals surface area contributed by atoms with Crippen LogP contribution in [0, 0.1) is 5.82 Å². The lowest BCUT2D eigenvalue weighted by Crippen LogP contribution is -1.86. The SMILES string of the molecule is Fc1cccc(Oc2cncnc2)c1. The lowest BCUT2D eigenvalue weighted by Gasteiger charge is -2.03. The molecule has 2 aromatic rings. The summed E-state index contributed by atoms with van der Waals surface area (Å²) in [5.41, 5.74) is 0. The summed E-state index contributed by atoms with van der Waals surface area (Å²) in [5, 5.41) is 0. The van der Waals surface area contributed by atoms with E-state index in [2.05, 4.69) is 9.97 Å². The van der Waals surface area contributed by atoms with Crippen molar-refractivity contribution in [2.24, 2.45) is 0 Å². The summed E-state index contributed by atoms with van der Waals surface area (Å²) in [7, 11) is 0. The van der Waals surface area contributed by atoms with E-state index in [-0.39, 0.29) is 5.82 Å². The largest absolute Gasteiger partial charge is 0.454 e. The van der Waals surface area contributed by atoms with Crippen LogP contribution < -0.4 is 4.74 Å². The third kappa shape index (κ3) is 2.04. The number of hydrogen-bond donors (Lipinski definition) is 0. The molecule has 3 nitrogen and oxygen atoms in total. The zero-order chi connectivity index (χ0) is 9.80. The molecule has 0 aliphatic heterocycles. The molecule has 0 bridgehead atoms. The highest BCUT2D eigenvalue weighted by Gasteiger charge is 1.97. The topological polar surface area (TPSA) is 35.0 Å². The summed E-state index contributed by atoms with van der Waals surface area (Å²) in [6.45, 7) is 0. The second-order valence-corrected chi connectivity index (χ2v) is 2.63. The summed E-state index contributed by atoms with van der Waals surface area (Å²) < 4.78 is 18.1. The first kappa shape index (κ1) is 8.62. The standard InChI is InChI=1S/C10H7FN2O/c11-8-2-1-3-9(4-8)14-10-5-12-7-13-6-10/h1-7H. The van der Waals surface area contributed by atoms with Crippen LogP contribution >= 0.6 is 0 Å². The van der Waals surface area contributed by atoms with Crippen LogP contribution in [0.5, 0.6) is 11.5 Å². The van der Waals surface area contributed by atoms with Crippen LogP contribution in [0.1, 0.15) is 0 Å². The van der Waals surface area contributed by atoms with Gasteiger partial charge >= 0.3 is 0 Å². The van der Waals surface area contributed by atoms with Crippen molar-refractivity contribution in [3.05, 3.63) is 48.8 Å². The average Bonchev–Trinajstić information content (AvgIpc) is 2.19. The zero-order valence-corrected chi connectivity index (χ0v) is 7.22. The van der Waals surface area contributed by atoms with E-state index < -0.39 is 0 Å². The Morgan fingerprint density at radius 3 is 2.57 bits per heavy atom. The van der Waals surface area contributed by atoms with Gasteiger partial charge in [0.2, 0.25) is 0 Å². The van der Waals surface area contributed by atoms with Gasteiger partial charge in [-0.15, -0.1) is 0 Å². The Morgan fingerprint density at radius 1 is 1.07 bits per heavy atom. The third-order valence-corrected chi connectivity index (χ3v) is 1.57. The van der Waals surface area contributed by atoms with E-state index in [1.807, 2.05) is 0 Å². The Labute approximate surface area is 80.2 Å². The van der Waals surface area contributed by atoms with Crippen LogP contribution in [-0.2, 0) is 0 Å². The Bertz CT molecular complexity index is 419. The van der Waals surface area contributed by atoms with Crippen LogP contribution in [0.15, 0.2) is 43.0 Å². The maximum atomic E-state index is 12.8. The molecule has 0 radical (unpaired) electrons. The molecule has 70 valence electrons. The summed E-state index contributed by atoms with van der Waals surface area (Å²) in [6.07, 6.45) is 4.42. The molecule has 0 N–H and O–H groups in total. The molecule has 0 amide bonds. The minimum absolute atomic E-state index is 0.334. The molecule has 0 saturated heterocycles. The smallest absolute Gasteiger partial charge is 0.163 e. The molecular weight excluding hydrogens is 183 g/mol. The van der Waals surface area contributed by atoms with Gasteiger partial charge in [0.15, 0.2) is 5.75 Å². The Kier molecular flexibility index (Phi) is 2.36. The van der Waals surface area contributed by atoms with Crippen molar-refractivity contribution < 1.29 is 9.13 Å². The molecule has 0 saturated carbocycles. The van der Waals surface area contributed by atoms with Gasteiger partial charge in [0.25, 0.3) is 0 Å². The fourth-order valence-corrected chi connectivity index (χ4v) is 1.00. The molecule has 0 spiro atoms. The minimum atomic E-state index is -0.334. The first-order valence-corrected chi connectivity index (χ1v) is 4.03. The molecule has 1 heterocycles. The van der Waals surface area contributed by atoms with E-state index in [1.165, 1.54) is 30.9 Å². The lowest BCUT2D eigenvalue weighted by atomic mass is 10.3. The van der Waals surface area contributed by atoms with E-state index >= 15 is 0 Å². The van der Waals surface area contributed by atoms with E-state index in [9.17, 15) is 4.39 Å². The number of rotatable bonds is 2. The molecule has 0 aliphatic carbocycles. The van der Waals surface area contributed by atoms with Gasteiger partial charge < -0.3 is 4.74 Å². The van der Waals surface area contributed by atoms with Crippen LogP contribution in [0.25, 0.3) is 0 Å². The first-order chi connectivity index (χ1) is 6.84. The van der Waals surface area contributed by atoms with Crippen molar-refractivity contribution in [3.63, 3.8) is 0 Å². The van der Waals surface area contributed by atoms with Gasteiger partial charge in [-0.1, -0.05) is 6.07 Å². The van der Waals surface area contributed by atoms with Crippen LogP contribution in [0.4, 0.5) is 4.39 Å². The fourth-order valence-electron chi connectivity index (χ4n) is 1.00. The van der Waals surface area contributed by atoms with Gasteiger partial charge in [0.05, 0.1) is 12.4 Å². The van der Waals surface area contributed by atoms with Crippen molar-refractivity contribution in [2.75, 3.05) is 0 Å². The third-order valence-electron chi connectivity index (χ3n) is 1.57. The summed E-state index contributed by atoms with van der Waals surface area (Å²) in [5.74, 6) is 0.581. The Morgan fingerprint density at radius 2 is 1.86 bits per heavy atom. The number of nitrogens with zero attached hydrogens (tertiary/aromatic N) is 2. The van der Waals surface area contributed by atoms with E-state index in [0.717, 1.165) is 0 Å². The quantitative estimate of drug-likeness (QED) is 0.729. The molecular formula is C10H7FN2O. The highest BCUT2D eigenvalue weighted by Crippen LogP contribution is 2.19. The van der Waals surface area contributed by atoms with Crippen molar-refractivity contribution >= 4 is 0 Å². The van der Waals surface area contributed by atoms with Gasteiger partial charge in [-0.25, -0.2) is 14.4 Å². The van der Waals surface area contributed by atoms with Crippen LogP contribution in [0.3, 0.4) is 0 Å². The molecule has 0 unspecified atom stereocenters. The molecule has 14 heavy (non-hydrogen) atoms. The van der Waals surface area contributed by atoms with E-state index in [4.69, 9.17) is 4.74 Å². The summed E-state index contributed by atoms with van der Waals surface area (Å²) in [6, 6.07) is 5.89. The maximum Gasteiger partial charge on any atom is 0.163 e. The molecule has 1 aromatic carbocycles. The van der Waals surface area contributed by atoms with Crippen molar-refractivity contribution in [2.45, 2.75) is 0 Å². The molecule has 2 rings (SSSR count). The zero-order valence-electron chi connectivity index (χ0n) is 7.22. The number of hydrogen-bond acceptors (Lipinski definition) is 3. The number of aromatic nitrogens is 2. The molecule has 4 heteroatoms. The van der Waals surface area contributed by atoms with E-state index in [0.29, 0.717) is 11.5 Å². The molecule has 1 aromatic heterocycles. The monoisotopic (exact) mass is 190 g/mol. The second-order valence-electron chi connectivity index (χ2n) is 2.63. The first-order valence-electron chi connectivity index (χ1n) is 4.03. The summed E-state index contributed by atoms with van der Waals surface area (Å²) >= 11 is 0. The van der Waals surface area contributed by atoms with Crippen LogP contribution in [-0.4, -0.2) is 9.97 Å².